The van der Waals surface area contributed by atoms with Gasteiger partial charge in [0, 0.05) is 36.4 Å². The number of anilines is 1. The van der Waals surface area contributed by atoms with Crippen LogP contribution in [0.25, 0.3) is 0 Å². The predicted molar refractivity (Wildman–Crippen MR) is 77.3 cm³/mol. The molecule has 1 unspecified atom stereocenters. The second-order valence-corrected chi connectivity index (χ2v) is 6.18. The molecule has 1 N–H and O–H groups in total. The minimum absolute atomic E-state index is 0.736. The molecule has 0 amide bonds. The average molecular weight is 265 g/mol. The number of nitrogens with zero attached hydrogens (tertiary/aromatic N) is 1. The van der Waals surface area contributed by atoms with Gasteiger partial charge in [-0.3, -0.25) is 0 Å². The quantitative estimate of drug-likeness (QED) is 0.896. The first-order valence-electron chi connectivity index (χ1n) is 6.99. The first kappa shape index (κ1) is 12.3. The van der Waals surface area contributed by atoms with E-state index < -0.39 is 0 Å². The van der Waals surface area contributed by atoms with Crippen LogP contribution in [0.2, 0.25) is 5.02 Å². The van der Waals surface area contributed by atoms with Crippen LogP contribution in [-0.2, 0) is 6.54 Å². The van der Waals surface area contributed by atoms with E-state index in [1.165, 1.54) is 30.5 Å². The molecular formula is C15H21ClN2. The van der Waals surface area contributed by atoms with E-state index in [1.807, 2.05) is 0 Å². The van der Waals surface area contributed by atoms with Crippen LogP contribution < -0.4 is 10.2 Å². The van der Waals surface area contributed by atoms with Gasteiger partial charge < -0.3 is 10.2 Å². The minimum atomic E-state index is 0.736. The van der Waals surface area contributed by atoms with E-state index in [1.54, 1.807) is 0 Å². The van der Waals surface area contributed by atoms with Crippen molar-refractivity contribution in [2.24, 2.45) is 5.92 Å². The Morgan fingerprint density at radius 3 is 2.78 bits per heavy atom. The lowest BCUT2D eigenvalue weighted by Gasteiger charge is -2.19. The Morgan fingerprint density at radius 1 is 1.33 bits per heavy atom. The van der Waals surface area contributed by atoms with Crippen molar-refractivity contribution >= 4 is 17.3 Å². The van der Waals surface area contributed by atoms with Gasteiger partial charge >= 0.3 is 0 Å². The Morgan fingerprint density at radius 2 is 2.17 bits per heavy atom. The molecule has 1 aliphatic carbocycles. The van der Waals surface area contributed by atoms with Crippen LogP contribution in [0, 0.1) is 5.92 Å². The Balaban J connectivity index is 1.67. The number of halogens is 1. The molecule has 1 aromatic rings. The molecule has 1 aromatic carbocycles. The van der Waals surface area contributed by atoms with E-state index in [4.69, 9.17) is 11.6 Å². The summed E-state index contributed by atoms with van der Waals surface area (Å²) < 4.78 is 0. The molecule has 0 bridgehead atoms. The highest BCUT2D eigenvalue weighted by Gasteiger charge is 2.21. The molecule has 1 saturated carbocycles. The van der Waals surface area contributed by atoms with Crippen LogP contribution in [0.15, 0.2) is 18.2 Å². The number of benzene rings is 1. The van der Waals surface area contributed by atoms with Crippen LogP contribution in [0.1, 0.15) is 31.7 Å². The van der Waals surface area contributed by atoms with E-state index in [0.29, 0.717) is 0 Å². The molecule has 0 radical (unpaired) electrons. The van der Waals surface area contributed by atoms with Gasteiger partial charge in [-0.2, -0.15) is 0 Å². The third-order valence-electron chi connectivity index (χ3n) is 3.98. The molecule has 1 atom stereocenters. The van der Waals surface area contributed by atoms with Crippen LogP contribution in [0.3, 0.4) is 0 Å². The zero-order valence-corrected chi connectivity index (χ0v) is 11.7. The summed E-state index contributed by atoms with van der Waals surface area (Å²) in [6.45, 7) is 5.54. The molecule has 18 heavy (non-hydrogen) atoms. The lowest BCUT2D eigenvalue weighted by atomic mass is 10.1. The summed E-state index contributed by atoms with van der Waals surface area (Å²) in [5.74, 6) is 0.806. The summed E-state index contributed by atoms with van der Waals surface area (Å²) >= 11 is 6.38. The van der Waals surface area contributed by atoms with Gasteiger partial charge in [0.05, 0.1) is 0 Å². The van der Waals surface area contributed by atoms with Gasteiger partial charge in [0.25, 0.3) is 0 Å². The third kappa shape index (κ3) is 2.81. The van der Waals surface area contributed by atoms with Crippen molar-refractivity contribution < 1.29 is 0 Å². The van der Waals surface area contributed by atoms with Gasteiger partial charge in [-0.1, -0.05) is 24.6 Å². The van der Waals surface area contributed by atoms with Crippen LogP contribution in [0.4, 0.5) is 5.69 Å². The maximum absolute atomic E-state index is 6.38. The average Bonchev–Trinajstić information content (AvgIpc) is 3.08. The van der Waals surface area contributed by atoms with E-state index in [0.717, 1.165) is 36.6 Å². The maximum atomic E-state index is 6.38. The monoisotopic (exact) mass is 264 g/mol. The highest BCUT2D eigenvalue weighted by atomic mass is 35.5. The Bertz CT molecular complexity index is 429. The SMILES string of the molecule is CC1CCN(c2ccc(CNC3CC3)c(Cl)c2)C1. The zero-order chi connectivity index (χ0) is 12.5. The smallest absolute Gasteiger partial charge is 0.0471 e. The molecule has 2 fully saturated rings. The fourth-order valence-corrected chi connectivity index (χ4v) is 2.83. The maximum Gasteiger partial charge on any atom is 0.0471 e. The first-order valence-corrected chi connectivity index (χ1v) is 7.37. The molecule has 98 valence electrons. The highest BCUT2D eigenvalue weighted by molar-refractivity contribution is 6.31. The van der Waals surface area contributed by atoms with Gasteiger partial charge in [0.15, 0.2) is 0 Å². The van der Waals surface area contributed by atoms with Crippen molar-refractivity contribution in [2.75, 3.05) is 18.0 Å². The van der Waals surface area contributed by atoms with Crippen molar-refractivity contribution in [1.29, 1.82) is 0 Å². The normalized spacial score (nSPS) is 23.7. The standard InChI is InChI=1S/C15H21ClN2/c1-11-6-7-18(10-11)14-5-2-12(15(16)8-14)9-17-13-3-4-13/h2,5,8,11,13,17H,3-4,6-7,9-10H2,1H3. The van der Waals surface area contributed by atoms with Gasteiger partial charge in [-0.05, 0) is 42.9 Å². The molecule has 0 aromatic heterocycles. The second kappa shape index (κ2) is 5.10. The minimum Gasteiger partial charge on any atom is -0.371 e. The van der Waals surface area contributed by atoms with Crippen molar-refractivity contribution in [3.05, 3.63) is 28.8 Å². The van der Waals surface area contributed by atoms with Crippen molar-refractivity contribution in [2.45, 2.75) is 38.8 Å². The number of hydrogen-bond donors (Lipinski definition) is 1. The lowest BCUT2D eigenvalue weighted by molar-refractivity contribution is 0.659. The summed E-state index contributed by atoms with van der Waals surface area (Å²) in [4.78, 5) is 2.44. The Kier molecular flexibility index (Phi) is 3.49. The van der Waals surface area contributed by atoms with Gasteiger partial charge in [0.2, 0.25) is 0 Å². The Hall–Kier alpha value is -0.730. The largest absolute Gasteiger partial charge is 0.371 e. The molecule has 3 heteroatoms. The summed E-state index contributed by atoms with van der Waals surface area (Å²) in [6.07, 6.45) is 3.94. The molecule has 2 aliphatic rings. The Labute approximate surface area is 114 Å². The number of hydrogen-bond acceptors (Lipinski definition) is 2. The molecular weight excluding hydrogens is 244 g/mol. The number of rotatable bonds is 4. The molecule has 1 heterocycles. The molecule has 3 rings (SSSR count). The van der Waals surface area contributed by atoms with Crippen LogP contribution >= 0.6 is 11.6 Å². The van der Waals surface area contributed by atoms with E-state index in [2.05, 4.69) is 35.3 Å². The predicted octanol–water partition coefficient (Wildman–Crippen LogP) is 3.44. The van der Waals surface area contributed by atoms with Crippen LogP contribution in [0.5, 0.6) is 0 Å². The second-order valence-electron chi connectivity index (χ2n) is 5.77. The van der Waals surface area contributed by atoms with Gasteiger partial charge in [0.1, 0.15) is 0 Å². The topological polar surface area (TPSA) is 15.3 Å². The molecule has 2 nitrogen and oxygen atoms in total. The third-order valence-corrected chi connectivity index (χ3v) is 4.34. The molecule has 1 saturated heterocycles. The van der Waals surface area contributed by atoms with E-state index in [9.17, 15) is 0 Å². The summed E-state index contributed by atoms with van der Waals surface area (Å²) in [5.41, 5.74) is 2.50. The van der Waals surface area contributed by atoms with Gasteiger partial charge in [-0.25, -0.2) is 0 Å². The summed E-state index contributed by atoms with van der Waals surface area (Å²) in [7, 11) is 0. The van der Waals surface area contributed by atoms with Crippen molar-refractivity contribution in [3.8, 4) is 0 Å². The molecule has 0 spiro atoms. The highest BCUT2D eigenvalue weighted by Crippen LogP contribution is 2.28. The van der Waals surface area contributed by atoms with E-state index >= 15 is 0 Å². The summed E-state index contributed by atoms with van der Waals surface area (Å²) in [5, 5.41) is 4.41. The summed E-state index contributed by atoms with van der Waals surface area (Å²) in [6, 6.07) is 7.26. The van der Waals surface area contributed by atoms with E-state index in [-0.39, 0.29) is 0 Å². The fourth-order valence-electron chi connectivity index (χ4n) is 2.59. The fraction of sp³-hybridized carbons (Fsp3) is 0.600. The lowest BCUT2D eigenvalue weighted by Crippen LogP contribution is -2.19. The molecule has 1 aliphatic heterocycles. The number of nitrogens with one attached hydrogen (secondary N) is 1. The van der Waals surface area contributed by atoms with Crippen molar-refractivity contribution in [1.82, 2.24) is 5.32 Å². The first-order chi connectivity index (χ1) is 8.72. The van der Waals surface area contributed by atoms with Crippen LogP contribution in [-0.4, -0.2) is 19.1 Å². The van der Waals surface area contributed by atoms with Crippen molar-refractivity contribution in [3.63, 3.8) is 0 Å². The van der Waals surface area contributed by atoms with Gasteiger partial charge in [-0.15, -0.1) is 0 Å². The zero-order valence-electron chi connectivity index (χ0n) is 11.0.